The second kappa shape index (κ2) is 14.2. The molecule has 0 aliphatic carbocycles. The van der Waals surface area contributed by atoms with Crippen LogP contribution in [0.25, 0.3) is 0 Å². The summed E-state index contributed by atoms with van der Waals surface area (Å²) in [7, 11) is 8.09. The summed E-state index contributed by atoms with van der Waals surface area (Å²) < 4.78 is 5.01. The molecule has 0 aromatic carbocycles. The number of aliphatic hydroxyl groups is 1. The minimum Gasteiger partial charge on any atom is -0.504 e. The number of ketones is 1. The van der Waals surface area contributed by atoms with Crippen molar-refractivity contribution in [3.05, 3.63) is 11.8 Å². The zero-order chi connectivity index (χ0) is 22.7. The highest BCUT2D eigenvalue weighted by atomic mass is 16.5. The zero-order valence-corrected chi connectivity index (χ0v) is 20.6. The Balaban J connectivity index is 0.000000226. The number of carbonyl (C=O) groups excluding carboxylic acids is 1. The van der Waals surface area contributed by atoms with Crippen LogP contribution in [-0.4, -0.2) is 99.7 Å². The van der Waals surface area contributed by atoms with Crippen LogP contribution in [0.2, 0.25) is 0 Å². The minimum atomic E-state index is 0.267. The molecule has 6 nitrogen and oxygen atoms in total. The number of aliphatic hydroxyl groups excluding tert-OH is 1. The summed E-state index contributed by atoms with van der Waals surface area (Å²) >= 11 is 0. The van der Waals surface area contributed by atoms with Gasteiger partial charge in [-0.3, -0.25) is 4.79 Å². The molecule has 1 N–H and O–H groups in total. The molecular weight excluding hydrogens is 378 g/mol. The molecule has 4 unspecified atom stereocenters. The van der Waals surface area contributed by atoms with Gasteiger partial charge in [0.2, 0.25) is 0 Å². The maximum absolute atomic E-state index is 10.9. The van der Waals surface area contributed by atoms with Gasteiger partial charge in [0, 0.05) is 51.7 Å². The summed E-state index contributed by atoms with van der Waals surface area (Å²) in [5.74, 6) is 2.57. The van der Waals surface area contributed by atoms with E-state index in [0.717, 1.165) is 52.0 Å². The average Bonchev–Trinajstić information content (AvgIpc) is 2.68. The Morgan fingerprint density at radius 2 is 1.50 bits per heavy atom. The third-order valence-electron chi connectivity index (χ3n) is 6.67. The SMILES string of the molecule is CC1CN(C)CCC1=O.CC1CN(C)CCC1CO.CO/C=C1\CCN(C)CC1C. The Bertz CT molecular complexity index is 526. The van der Waals surface area contributed by atoms with Gasteiger partial charge < -0.3 is 24.5 Å². The van der Waals surface area contributed by atoms with Gasteiger partial charge in [0.25, 0.3) is 0 Å². The van der Waals surface area contributed by atoms with E-state index in [1.165, 1.54) is 12.1 Å². The Labute approximate surface area is 185 Å². The first-order valence-corrected chi connectivity index (χ1v) is 11.6. The molecular formula is C24H47N3O3. The van der Waals surface area contributed by atoms with Gasteiger partial charge in [-0.15, -0.1) is 0 Å². The van der Waals surface area contributed by atoms with E-state index in [4.69, 9.17) is 9.84 Å². The molecule has 176 valence electrons. The van der Waals surface area contributed by atoms with Crippen LogP contribution in [0.15, 0.2) is 11.8 Å². The molecule has 0 spiro atoms. The molecule has 0 bridgehead atoms. The third-order valence-corrected chi connectivity index (χ3v) is 6.67. The van der Waals surface area contributed by atoms with Gasteiger partial charge in [-0.05, 0) is 63.9 Å². The van der Waals surface area contributed by atoms with Gasteiger partial charge in [0.15, 0.2) is 0 Å². The lowest BCUT2D eigenvalue weighted by molar-refractivity contribution is -0.125. The Hall–Kier alpha value is -0.950. The summed E-state index contributed by atoms with van der Waals surface area (Å²) in [4.78, 5) is 17.8. The van der Waals surface area contributed by atoms with E-state index in [0.29, 0.717) is 30.1 Å². The van der Waals surface area contributed by atoms with E-state index in [1.54, 1.807) is 7.11 Å². The summed E-state index contributed by atoms with van der Waals surface area (Å²) in [6.45, 7) is 13.3. The lowest BCUT2D eigenvalue weighted by atomic mass is 9.88. The molecule has 3 fully saturated rings. The molecule has 3 aliphatic rings. The predicted molar refractivity (Wildman–Crippen MR) is 125 cm³/mol. The molecule has 3 aliphatic heterocycles. The van der Waals surface area contributed by atoms with Gasteiger partial charge in [-0.25, -0.2) is 0 Å². The van der Waals surface area contributed by atoms with E-state index in [-0.39, 0.29) is 5.92 Å². The smallest absolute Gasteiger partial charge is 0.138 e. The number of hydrogen-bond donors (Lipinski definition) is 1. The van der Waals surface area contributed by atoms with Crippen molar-refractivity contribution in [3.63, 3.8) is 0 Å². The molecule has 4 atom stereocenters. The molecule has 0 saturated carbocycles. The van der Waals surface area contributed by atoms with Crippen molar-refractivity contribution in [1.82, 2.24) is 14.7 Å². The quantitative estimate of drug-likeness (QED) is 0.687. The Kier molecular flexibility index (Phi) is 12.8. The van der Waals surface area contributed by atoms with Crippen molar-refractivity contribution in [1.29, 1.82) is 0 Å². The minimum absolute atomic E-state index is 0.267. The Morgan fingerprint density at radius 1 is 0.933 bits per heavy atom. The maximum Gasteiger partial charge on any atom is 0.138 e. The molecule has 0 radical (unpaired) electrons. The summed E-state index contributed by atoms with van der Waals surface area (Å²) in [6, 6.07) is 0. The lowest BCUT2D eigenvalue weighted by Crippen LogP contribution is -2.37. The molecule has 0 amide bonds. The van der Waals surface area contributed by atoms with Crippen LogP contribution in [0, 0.1) is 23.7 Å². The predicted octanol–water partition coefficient (Wildman–Crippen LogP) is 2.58. The fourth-order valence-corrected chi connectivity index (χ4v) is 4.45. The number of piperidine rings is 3. The molecule has 30 heavy (non-hydrogen) atoms. The maximum atomic E-state index is 10.9. The first-order chi connectivity index (χ1) is 14.2. The molecule has 0 aromatic heterocycles. The monoisotopic (exact) mass is 425 g/mol. The van der Waals surface area contributed by atoms with Crippen LogP contribution in [0.1, 0.15) is 40.0 Å². The largest absolute Gasteiger partial charge is 0.504 e. The summed E-state index contributed by atoms with van der Waals surface area (Å²) in [5, 5.41) is 8.93. The zero-order valence-electron chi connectivity index (χ0n) is 20.6. The van der Waals surface area contributed by atoms with Crippen molar-refractivity contribution in [2.75, 3.05) is 74.1 Å². The second-order valence-corrected chi connectivity index (χ2v) is 9.69. The molecule has 3 heterocycles. The fraction of sp³-hybridized carbons (Fsp3) is 0.875. The number of nitrogens with zero attached hydrogens (tertiary/aromatic N) is 3. The van der Waals surface area contributed by atoms with Crippen LogP contribution in [0.3, 0.4) is 0 Å². The number of carbonyl (C=O) groups is 1. The van der Waals surface area contributed by atoms with Crippen LogP contribution < -0.4 is 0 Å². The fourth-order valence-electron chi connectivity index (χ4n) is 4.45. The average molecular weight is 426 g/mol. The Morgan fingerprint density at radius 3 is 1.97 bits per heavy atom. The van der Waals surface area contributed by atoms with Crippen LogP contribution in [-0.2, 0) is 9.53 Å². The van der Waals surface area contributed by atoms with Gasteiger partial charge in [-0.1, -0.05) is 20.8 Å². The normalized spacial score (nSPS) is 32.7. The molecule has 6 heteroatoms. The van der Waals surface area contributed by atoms with Gasteiger partial charge >= 0.3 is 0 Å². The van der Waals surface area contributed by atoms with E-state index < -0.39 is 0 Å². The summed E-state index contributed by atoms with van der Waals surface area (Å²) in [5.41, 5.74) is 1.45. The van der Waals surface area contributed by atoms with Crippen molar-refractivity contribution in [2.45, 2.75) is 40.0 Å². The van der Waals surface area contributed by atoms with Crippen molar-refractivity contribution < 1.29 is 14.6 Å². The third kappa shape index (κ3) is 9.90. The highest BCUT2D eigenvalue weighted by Crippen LogP contribution is 2.21. The molecule has 3 rings (SSSR count). The second-order valence-electron chi connectivity index (χ2n) is 9.69. The number of hydrogen-bond acceptors (Lipinski definition) is 6. The van der Waals surface area contributed by atoms with Crippen LogP contribution in [0.4, 0.5) is 0 Å². The van der Waals surface area contributed by atoms with Gasteiger partial charge in [0.1, 0.15) is 5.78 Å². The molecule has 3 saturated heterocycles. The van der Waals surface area contributed by atoms with E-state index in [1.807, 2.05) is 13.2 Å². The first kappa shape index (κ1) is 27.1. The van der Waals surface area contributed by atoms with E-state index in [9.17, 15) is 4.79 Å². The molecule has 0 aromatic rings. The number of likely N-dealkylation sites (tertiary alicyclic amines) is 3. The summed E-state index contributed by atoms with van der Waals surface area (Å²) in [6.07, 6.45) is 4.97. The number of methoxy groups -OCH3 is 1. The van der Waals surface area contributed by atoms with Crippen molar-refractivity contribution in [2.24, 2.45) is 23.7 Å². The highest BCUT2D eigenvalue weighted by Gasteiger charge is 2.23. The van der Waals surface area contributed by atoms with Crippen molar-refractivity contribution in [3.8, 4) is 0 Å². The van der Waals surface area contributed by atoms with Gasteiger partial charge in [0.05, 0.1) is 13.4 Å². The topological polar surface area (TPSA) is 56.3 Å². The van der Waals surface area contributed by atoms with Crippen molar-refractivity contribution >= 4 is 5.78 Å². The number of rotatable bonds is 2. The standard InChI is InChI=1S/C9H17NO.C8H17NO.C7H13NO/c1-8-6-10(2)5-4-9(8)7-11-3;1-7-5-9(2)4-3-8(7)6-10;1-6-5-8(2)4-3-7(6)9/h7-8H,4-6H2,1-3H3;7-8,10H,3-6H2,1-2H3;6H,3-5H2,1-2H3/b9-7+;;. The van der Waals surface area contributed by atoms with E-state index >= 15 is 0 Å². The van der Waals surface area contributed by atoms with E-state index in [2.05, 4.69) is 49.7 Å². The van der Waals surface area contributed by atoms with Crippen LogP contribution in [0.5, 0.6) is 0 Å². The van der Waals surface area contributed by atoms with Crippen LogP contribution >= 0.6 is 0 Å². The first-order valence-electron chi connectivity index (χ1n) is 11.6. The highest BCUT2D eigenvalue weighted by molar-refractivity contribution is 5.81. The number of Topliss-reactive ketones (excluding diaryl/α,β-unsaturated/α-hetero) is 1. The van der Waals surface area contributed by atoms with Gasteiger partial charge in [-0.2, -0.15) is 0 Å². The lowest BCUT2D eigenvalue weighted by Gasteiger charge is -2.33. The number of ether oxygens (including phenoxy) is 1.